The fraction of sp³-hybridized carbons (Fsp3) is 0.200. The quantitative estimate of drug-likeness (QED) is 0.811. The molecule has 0 aliphatic carbocycles. The first-order valence-corrected chi connectivity index (χ1v) is 5.58. The van der Waals surface area contributed by atoms with Gasteiger partial charge in [-0.15, -0.1) is 20.4 Å². The molecule has 4 nitrogen and oxygen atoms in total. The minimum Gasteiger partial charge on any atom is -0.166 e. The first-order chi connectivity index (χ1) is 8.38. The normalized spacial score (nSPS) is 11.6. The van der Waals surface area contributed by atoms with Crippen LogP contribution in [0.2, 0.25) is 0 Å². The van der Waals surface area contributed by atoms with Crippen molar-refractivity contribution in [1.29, 1.82) is 0 Å². The lowest BCUT2D eigenvalue weighted by atomic mass is 10.1. The molecule has 0 N–H and O–H groups in total. The van der Waals surface area contributed by atoms with E-state index in [-0.39, 0.29) is 11.4 Å². The number of aromatic nitrogens is 4. The van der Waals surface area contributed by atoms with Crippen molar-refractivity contribution in [2.24, 2.45) is 0 Å². The lowest BCUT2D eigenvalue weighted by molar-refractivity contribution is -0.137. The first-order valence-electron chi connectivity index (χ1n) is 4.79. The summed E-state index contributed by atoms with van der Waals surface area (Å²) in [4.78, 5) is 0. The van der Waals surface area contributed by atoms with Crippen molar-refractivity contribution in [1.82, 2.24) is 20.4 Å². The van der Waals surface area contributed by atoms with Crippen molar-refractivity contribution in [3.05, 3.63) is 34.1 Å². The number of hydrogen-bond donors (Lipinski definition) is 0. The van der Waals surface area contributed by atoms with Crippen molar-refractivity contribution in [2.45, 2.75) is 13.1 Å². The number of benzene rings is 1. The van der Waals surface area contributed by atoms with Crippen LogP contribution in [-0.4, -0.2) is 20.4 Å². The van der Waals surface area contributed by atoms with E-state index in [2.05, 4.69) is 36.3 Å². The van der Waals surface area contributed by atoms with Crippen molar-refractivity contribution < 1.29 is 13.2 Å². The van der Waals surface area contributed by atoms with Gasteiger partial charge in [0.2, 0.25) is 5.82 Å². The van der Waals surface area contributed by atoms with Gasteiger partial charge in [0, 0.05) is 10.0 Å². The van der Waals surface area contributed by atoms with Gasteiger partial charge in [0.15, 0.2) is 5.82 Å². The zero-order valence-electron chi connectivity index (χ0n) is 9.03. The summed E-state index contributed by atoms with van der Waals surface area (Å²) in [5.41, 5.74) is -0.977. The predicted molar refractivity (Wildman–Crippen MR) is 60.5 cm³/mol. The second kappa shape index (κ2) is 4.60. The summed E-state index contributed by atoms with van der Waals surface area (Å²) in [7, 11) is 0. The van der Waals surface area contributed by atoms with Crippen LogP contribution in [0.5, 0.6) is 0 Å². The molecule has 0 amide bonds. The second-order valence-corrected chi connectivity index (χ2v) is 4.37. The molecule has 0 saturated carbocycles. The highest BCUT2D eigenvalue weighted by Crippen LogP contribution is 2.37. The van der Waals surface area contributed by atoms with Crippen LogP contribution in [0.25, 0.3) is 11.4 Å². The van der Waals surface area contributed by atoms with Crippen molar-refractivity contribution in [2.75, 3.05) is 0 Å². The third-order valence-corrected chi connectivity index (χ3v) is 2.60. The second-order valence-electron chi connectivity index (χ2n) is 3.46. The Balaban J connectivity index is 2.60. The van der Waals surface area contributed by atoms with Crippen LogP contribution in [0, 0.1) is 6.92 Å². The zero-order valence-corrected chi connectivity index (χ0v) is 10.6. The van der Waals surface area contributed by atoms with Gasteiger partial charge in [-0.3, -0.25) is 0 Å². The largest absolute Gasteiger partial charge is 0.417 e. The van der Waals surface area contributed by atoms with E-state index >= 15 is 0 Å². The highest BCUT2D eigenvalue weighted by Gasteiger charge is 2.34. The highest BCUT2D eigenvalue weighted by molar-refractivity contribution is 9.10. The van der Waals surface area contributed by atoms with Gasteiger partial charge in [-0.1, -0.05) is 15.9 Å². The van der Waals surface area contributed by atoms with E-state index < -0.39 is 11.7 Å². The Morgan fingerprint density at radius 1 is 1.06 bits per heavy atom. The van der Waals surface area contributed by atoms with Crippen LogP contribution in [0.15, 0.2) is 22.7 Å². The fourth-order valence-corrected chi connectivity index (χ4v) is 1.69. The standard InChI is InChI=1S/C10H6BrF3N4/c1-5-15-17-9(18-16-5)7-3-2-6(11)4-8(7)10(12,13)14/h2-4H,1H3. The van der Waals surface area contributed by atoms with Crippen molar-refractivity contribution in [3.8, 4) is 11.4 Å². The number of aryl methyl sites for hydroxylation is 1. The van der Waals surface area contributed by atoms with Gasteiger partial charge in [0.25, 0.3) is 0 Å². The maximum absolute atomic E-state index is 12.9. The summed E-state index contributed by atoms with van der Waals surface area (Å²) in [5.74, 6) is 0.143. The summed E-state index contributed by atoms with van der Waals surface area (Å²) < 4.78 is 39.0. The van der Waals surface area contributed by atoms with Gasteiger partial charge >= 0.3 is 6.18 Å². The molecule has 0 atom stereocenters. The lowest BCUT2D eigenvalue weighted by Gasteiger charge is -2.11. The Kier molecular flexibility index (Phi) is 3.29. The molecule has 0 spiro atoms. The monoisotopic (exact) mass is 318 g/mol. The number of rotatable bonds is 1. The molecule has 0 fully saturated rings. The Morgan fingerprint density at radius 2 is 1.67 bits per heavy atom. The van der Waals surface area contributed by atoms with Crippen molar-refractivity contribution >= 4 is 15.9 Å². The Bertz CT molecular complexity index is 568. The van der Waals surface area contributed by atoms with Crippen LogP contribution < -0.4 is 0 Å². The highest BCUT2D eigenvalue weighted by atomic mass is 79.9. The molecule has 0 radical (unpaired) electrons. The van der Waals surface area contributed by atoms with Crippen LogP contribution >= 0.6 is 15.9 Å². The smallest absolute Gasteiger partial charge is 0.166 e. The van der Waals surface area contributed by atoms with Gasteiger partial charge in [-0.2, -0.15) is 13.2 Å². The number of alkyl halides is 3. The van der Waals surface area contributed by atoms with E-state index in [1.807, 2.05) is 0 Å². The Labute approximate surface area is 108 Å². The van der Waals surface area contributed by atoms with Gasteiger partial charge in [0.05, 0.1) is 5.56 Å². The van der Waals surface area contributed by atoms with Gasteiger partial charge in [-0.25, -0.2) is 0 Å². The molecule has 2 aromatic rings. The van der Waals surface area contributed by atoms with Crippen LogP contribution in [0.3, 0.4) is 0 Å². The third-order valence-electron chi connectivity index (χ3n) is 2.11. The van der Waals surface area contributed by atoms with Gasteiger partial charge in [0.1, 0.15) is 0 Å². The number of nitrogens with zero attached hydrogens (tertiary/aromatic N) is 4. The summed E-state index contributed by atoms with van der Waals surface area (Å²) in [6.07, 6.45) is -4.49. The molecule has 1 aromatic carbocycles. The Hall–Kier alpha value is -1.57. The summed E-state index contributed by atoms with van der Waals surface area (Å²) in [5, 5.41) is 14.4. The van der Waals surface area contributed by atoms with E-state index in [0.717, 1.165) is 6.07 Å². The van der Waals surface area contributed by atoms with Gasteiger partial charge in [-0.05, 0) is 25.1 Å². The molecule has 1 aromatic heterocycles. The average Bonchev–Trinajstić information content (AvgIpc) is 2.29. The van der Waals surface area contributed by atoms with Crippen LogP contribution in [0.1, 0.15) is 11.4 Å². The molecule has 0 saturated heterocycles. The third kappa shape index (κ3) is 2.63. The van der Waals surface area contributed by atoms with E-state index in [1.54, 1.807) is 6.92 Å². The van der Waals surface area contributed by atoms with Gasteiger partial charge < -0.3 is 0 Å². The van der Waals surface area contributed by atoms with E-state index in [1.165, 1.54) is 12.1 Å². The average molecular weight is 319 g/mol. The minimum absolute atomic E-state index is 0.147. The summed E-state index contributed by atoms with van der Waals surface area (Å²) >= 11 is 3.00. The van der Waals surface area contributed by atoms with Crippen LogP contribution in [-0.2, 0) is 6.18 Å². The van der Waals surface area contributed by atoms with E-state index in [0.29, 0.717) is 10.3 Å². The number of halogens is 4. The maximum Gasteiger partial charge on any atom is 0.417 e. The zero-order chi connectivity index (χ0) is 13.3. The van der Waals surface area contributed by atoms with E-state index in [4.69, 9.17) is 0 Å². The minimum atomic E-state index is -4.49. The summed E-state index contributed by atoms with van der Waals surface area (Å²) in [6, 6.07) is 3.73. The first kappa shape index (κ1) is 12.9. The molecular formula is C10H6BrF3N4. The lowest BCUT2D eigenvalue weighted by Crippen LogP contribution is -2.09. The Morgan fingerprint density at radius 3 is 2.22 bits per heavy atom. The molecule has 2 rings (SSSR count). The molecule has 94 valence electrons. The van der Waals surface area contributed by atoms with E-state index in [9.17, 15) is 13.2 Å². The molecule has 0 aliphatic rings. The van der Waals surface area contributed by atoms with Crippen LogP contribution in [0.4, 0.5) is 13.2 Å². The maximum atomic E-state index is 12.9. The SMILES string of the molecule is Cc1nnc(-c2ccc(Br)cc2C(F)(F)F)nn1. The summed E-state index contributed by atoms with van der Waals surface area (Å²) in [6.45, 7) is 1.55. The molecule has 18 heavy (non-hydrogen) atoms. The molecular weight excluding hydrogens is 313 g/mol. The topological polar surface area (TPSA) is 51.6 Å². The molecule has 0 unspecified atom stereocenters. The van der Waals surface area contributed by atoms with Crippen molar-refractivity contribution in [3.63, 3.8) is 0 Å². The molecule has 1 heterocycles. The fourth-order valence-electron chi connectivity index (χ4n) is 1.33. The molecule has 0 bridgehead atoms. The molecule has 8 heteroatoms. The molecule has 0 aliphatic heterocycles. The predicted octanol–water partition coefficient (Wildman–Crippen LogP) is 3.02. The number of hydrogen-bond acceptors (Lipinski definition) is 4.